The van der Waals surface area contributed by atoms with Gasteiger partial charge in [0.25, 0.3) is 10.1 Å². The number of hydrogen-bond acceptors (Lipinski definition) is 3. The van der Waals surface area contributed by atoms with Crippen LogP contribution < -0.4 is 0 Å². The molecule has 3 nitrogen and oxygen atoms in total. The predicted molar refractivity (Wildman–Crippen MR) is 71.6 cm³/mol. The molecular formula is C13H13BrO3S. The molecule has 3 rings (SSSR count). The maximum atomic E-state index is 12.2. The fourth-order valence-electron chi connectivity index (χ4n) is 2.67. The molecule has 2 aliphatic rings. The third-order valence-corrected chi connectivity index (χ3v) is 5.48. The van der Waals surface area contributed by atoms with Gasteiger partial charge >= 0.3 is 0 Å². The monoisotopic (exact) mass is 328 g/mol. The highest BCUT2D eigenvalue weighted by molar-refractivity contribution is 9.10. The zero-order chi connectivity index (χ0) is 12.8. The summed E-state index contributed by atoms with van der Waals surface area (Å²) in [5, 5.41) is 0. The molecule has 3 atom stereocenters. The SMILES string of the molecule is O=S(=O)(OC1[C@@H]2C=C[C@H]1CC2)c1ccc(Br)cc1. The maximum absolute atomic E-state index is 12.2. The molecule has 0 spiro atoms. The van der Waals surface area contributed by atoms with E-state index in [1.165, 1.54) is 0 Å². The van der Waals surface area contributed by atoms with Gasteiger partial charge in [0.2, 0.25) is 0 Å². The molecule has 1 unspecified atom stereocenters. The molecule has 1 aromatic rings. The fourth-order valence-corrected chi connectivity index (χ4v) is 4.10. The van der Waals surface area contributed by atoms with Crippen LogP contribution in [0.1, 0.15) is 12.8 Å². The Kier molecular flexibility index (Phi) is 3.08. The second kappa shape index (κ2) is 4.47. The lowest BCUT2D eigenvalue weighted by Crippen LogP contribution is -2.23. The summed E-state index contributed by atoms with van der Waals surface area (Å²) in [6, 6.07) is 6.53. The van der Waals surface area contributed by atoms with Gasteiger partial charge in [-0.15, -0.1) is 0 Å². The predicted octanol–water partition coefficient (Wildman–Crippen LogP) is 3.12. The molecule has 2 bridgehead atoms. The normalized spacial score (nSPS) is 29.9. The first-order valence-corrected chi connectivity index (χ1v) is 8.13. The van der Waals surface area contributed by atoms with E-state index >= 15 is 0 Å². The van der Waals surface area contributed by atoms with Crippen LogP contribution in [0.25, 0.3) is 0 Å². The summed E-state index contributed by atoms with van der Waals surface area (Å²) < 4.78 is 30.6. The van der Waals surface area contributed by atoms with Crippen molar-refractivity contribution in [1.82, 2.24) is 0 Å². The number of fused-ring (bicyclic) bond motifs is 2. The lowest BCUT2D eigenvalue weighted by Gasteiger charge is -2.16. The minimum absolute atomic E-state index is 0.196. The Labute approximate surface area is 115 Å². The lowest BCUT2D eigenvalue weighted by atomic mass is 10.1. The smallest absolute Gasteiger partial charge is 0.262 e. The molecule has 0 aromatic heterocycles. The molecule has 1 aromatic carbocycles. The largest absolute Gasteiger partial charge is 0.297 e. The minimum Gasteiger partial charge on any atom is -0.262 e. The highest BCUT2D eigenvalue weighted by Crippen LogP contribution is 2.42. The Morgan fingerprint density at radius 2 is 1.61 bits per heavy atom. The Hall–Kier alpha value is -0.650. The second-order valence-corrected chi connectivity index (χ2v) is 7.25. The van der Waals surface area contributed by atoms with Crippen LogP contribution in [0.4, 0.5) is 0 Å². The van der Waals surface area contributed by atoms with E-state index in [9.17, 15) is 8.42 Å². The van der Waals surface area contributed by atoms with Gasteiger partial charge in [-0.3, -0.25) is 4.18 Å². The molecule has 0 N–H and O–H groups in total. The summed E-state index contributed by atoms with van der Waals surface area (Å²) in [5.41, 5.74) is 0. The van der Waals surface area contributed by atoms with Gasteiger partial charge in [0.15, 0.2) is 0 Å². The van der Waals surface area contributed by atoms with Crippen LogP contribution >= 0.6 is 15.9 Å². The molecule has 96 valence electrons. The Morgan fingerprint density at radius 3 is 2.11 bits per heavy atom. The van der Waals surface area contributed by atoms with Gasteiger partial charge in [0, 0.05) is 16.3 Å². The topological polar surface area (TPSA) is 43.4 Å². The first-order chi connectivity index (χ1) is 8.56. The van der Waals surface area contributed by atoms with E-state index in [0.717, 1.165) is 17.3 Å². The summed E-state index contributed by atoms with van der Waals surface area (Å²) in [6.07, 6.45) is 6.02. The number of rotatable bonds is 3. The van der Waals surface area contributed by atoms with Gasteiger partial charge < -0.3 is 0 Å². The molecule has 0 heterocycles. The van der Waals surface area contributed by atoms with Gasteiger partial charge in [-0.1, -0.05) is 28.1 Å². The zero-order valence-electron chi connectivity index (χ0n) is 9.62. The van der Waals surface area contributed by atoms with Crippen molar-refractivity contribution >= 4 is 26.0 Å². The summed E-state index contributed by atoms with van der Waals surface area (Å²) in [5.74, 6) is 0.528. The van der Waals surface area contributed by atoms with E-state index in [-0.39, 0.29) is 22.8 Å². The lowest BCUT2D eigenvalue weighted by molar-refractivity contribution is 0.172. The molecule has 0 amide bonds. The summed E-state index contributed by atoms with van der Waals surface area (Å²) in [7, 11) is -3.65. The highest BCUT2D eigenvalue weighted by Gasteiger charge is 2.41. The maximum Gasteiger partial charge on any atom is 0.297 e. The van der Waals surface area contributed by atoms with Crippen molar-refractivity contribution in [3.8, 4) is 0 Å². The molecule has 1 fully saturated rings. The van der Waals surface area contributed by atoms with E-state index < -0.39 is 10.1 Å². The van der Waals surface area contributed by atoms with Gasteiger partial charge in [0.05, 0.1) is 11.0 Å². The van der Waals surface area contributed by atoms with Crippen LogP contribution in [0.2, 0.25) is 0 Å². The van der Waals surface area contributed by atoms with Crippen molar-refractivity contribution in [1.29, 1.82) is 0 Å². The highest BCUT2D eigenvalue weighted by atomic mass is 79.9. The quantitative estimate of drug-likeness (QED) is 0.632. The molecule has 0 aliphatic heterocycles. The molecule has 1 saturated carbocycles. The third kappa shape index (κ3) is 2.15. The van der Waals surface area contributed by atoms with Crippen LogP contribution in [0.3, 0.4) is 0 Å². The molecule has 18 heavy (non-hydrogen) atoms. The van der Waals surface area contributed by atoms with Crippen LogP contribution in [-0.2, 0) is 14.3 Å². The van der Waals surface area contributed by atoms with Crippen molar-refractivity contribution in [2.45, 2.75) is 23.8 Å². The molecule has 0 radical (unpaired) electrons. The van der Waals surface area contributed by atoms with Gasteiger partial charge in [-0.05, 0) is 37.1 Å². The van der Waals surface area contributed by atoms with E-state index in [1.54, 1.807) is 24.3 Å². The minimum atomic E-state index is -3.65. The molecule has 5 heteroatoms. The average molecular weight is 329 g/mol. The number of hydrogen-bond donors (Lipinski definition) is 0. The summed E-state index contributed by atoms with van der Waals surface area (Å²) >= 11 is 3.28. The molecule has 2 aliphatic carbocycles. The molecular weight excluding hydrogens is 316 g/mol. The third-order valence-electron chi connectivity index (χ3n) is 3.62. The van der Waals surface area contributed by atoms with E-state index in [0.29, 0.717) is 0 Å². The van der Waals surface area contributed by atoms with E-state index in [4.69, 9.17) is 4.18 Å². The second-order valence-electron chi connectivity index (χ2n) is 4.76. The van der Waals surface area contributed by atoms with E-state index in [1.807, 2.05) is 0 Å². The van der Waals surface area contributed by atoms with Crippen molar-refractivity contribution in [3.05, 3.63) is 40.9 Å². The first kappa shape index (κ1) is 12.4. The van der Waals surface area contributed by atoms with Crippen LogP contribution in [-0.4, -0.2) is 14.5 Å². The van der Waals surface area contributed by atoms with Gasteiger partial charge in [-0.25, -0.2) is 0 Å². The Bertz CT molecular complexity index is 563. The first-order valence-electron chi connectivity index (χ1n) is 5.93. The van der Waals surface area contributed by atoms with Gasteiger partial charge in [-0.2, -0.15) is 8.42 Å². The van der Waals surface area contributed by atoms with Crippen LogP contribution in [0.5, 0.6) is 0 Å². The Morgan fingerprint density at radius 1 is 1.06 bits per heavy atom. The Balaban J connectivity index is 1.82. The fraction of sp³-hybridized carbons (Fsp3) is 0.385. The summed E-state index contributed by atoms with van der Waals surface area (Å²) in [6.45, 7) is 0. The number of halogens is 1. The van der Waals surface area contributed by atoms with Crippen molar-refractivity contribution in [2.24, 2.45) is 11.8 Å². The average Bonchev–Trinajstić information content (AvgIpc) is 2.89. The standard InChI is InChI=1S/C13H13BrO3S/c14-11-5-7-12(8-6-11)18(15,16)17-13-9-1-2-10(13)4-3-9/h1-2,5-10,13H,3-4H2/t9-,10+,13?. The van der Waals surface area contributed by atoms with Crippen molar-refractivity contribution in [2.75, 3.05) is 0 Å². The van der Waals surface area contributed by atoms with Crippen LogP contribution in [0.15, 0.2) is 45.8 Å². The molecule has 0 saturated heterocycles. The van der Waals surface area contributed by atoms with Gasteiger partial charge in [0.1, 0.15) is 0 Å². The summed E-state index contributed by atoms with van der Waals surface area (Å²) in [4.78, 5) is 0.219. The zero-order valence-corrected chi connectivity index (χ0v) is 12.0. The van der Waals surface area contributed by atoms with Crippen molar-refractivity contribution in [3.63, 3.8) is 0 Å². The van der Waals surface area contributed by atoms with Crippen molar-refractivity contribution < 1.29 is 12.6 Å². The van der Waals surface area contributed by atoms with E-state index in [2.05, 4.69) is 28.1 Å². The number of benzene rings is 1. The van der Waals surface area contributed by atoms with Crippen LogP contribution in [0, 0.1) is 11.8 Å².